The average Bonchev–Trinajstić information content (AvgIpc) is 3.38. The van der Waals surface area contributed by atoms with Crippen molar-refractivity contribution in [3.05, 3.63) is 158 Å². The zero-order chi connectivity index (χ0) is 52.2. The second-order valence-electron chi connectivity index (χ2n) is 18.1. The lowest BCUT2D eigenvalue weighted by Gasteiger charge is -2.18. The van der Waals surface area contributed by atoms with Crippen molar-refractivity contribution in [3.8, 4) is 0 Å². The monoisotopic (exact) mass is 991 g/mol. The molecule has 6 nitrogen and oxygen atoms in total. The molecule has 6 heteroatoms. The molecule has 0 amide bonds. The highest BCUT2D eigenvalue weighted by Crippen LogP contribution is 2.14. The zero-order valence-electron chi connectivity index (χ0n) is 45.9. The third kappa shape index (κ3) is 56.0. The van der Waals surface area contributed by atoms with E-state index in [9.17, 15) is 14.4 Å². The Hall–Kier alpha value is -4.97. The molecule has 0 heterocycles. The van der Waals surface area contributed by atoms with Crippen molar-refractivity contribution in [2.45, 2.75) is 226 Å². The van der Waals surface area contributed by atoms with E-state index >= 15 is 0 Å². The molecule has 0 aromatic rings. The second-order valence-corrected chi connectivity index (χ2v) is 18.1. The molecule has 0 saturated heterocycles. The van der Waals surface area contributed by atoms with E-state index in [0.717, 1.165) is 96.3 Å². The summed E-state index contributed by atoms with van der Waals surface area (Å²) in [6, 6.07) is 0. The highest BCUT2D eigenvalue weighted by molar-refractivity contribution is 5.71. The van der Waals surface area contributed by atoms with E-state index in [4.69, 9.17) is 14.2 Å². The topological polar surface area (TPSA) is 78.9 Å². The summed E-state index contributed by atoms with van der Waals surface area (Å²) in [6.07, 6.45) is 85.4. The van der Waals surface area contributed by atoms with Crippen LogP contribution < -0.4 is 0 Å². The van der Waals surface area contributed by atoms with Gasteiger partial charge < -0.3 is 14.2 Å². The van der Waals surface area contributed by atoms with E-state index in [-0.39, 0.29) is 50.4 Å². The summed E-state index contributed by atoms with van der Waals surface area (Å²) in [7, 11) is 0. The van der Waals surface area contributed by atoms with Crippen LogP contribution in [0.15, 0.2) is 158 Å². The lowest BCUT2D eigenvalue weighted by atomic mass is 10.1. The quantitative estimate of drug-likeness (QED) is 0.0199. The molecule has 0 saturated carbocycles. The minimum atomic E-state index is -0.849. The van der Waals surface area contributed by atoms with Crippen LogP contribution in [0.5, 0.6) is 0 Å². The molecule has 0 aromatic carbocycles. The van der Waals surface area contributed by atoms with Crippen LogP contribution in [0, 0.1) is 0 Å². The molecule has 0 aliphatic carbocycles. The van der Waals surface area contributed by atoms with Crippen molar-refractivity contribution >= 4 is 17.9 Å². The van der Waals surface area contributed by atoms with E-state index in [0.29, 0.717) is 12.8 Å². The fourth-order valence-electron chi connectivity index (χ4n) is 7.10. The first-order valence-corrected chi connectivity index (χ1v) is 28.5. The Bertz CT molecular complexity index is 1660. The molecule has 1 unspecified atom stereocenters. The van der Waals surface area contributed by atoms with Gasteiger partial charge in [-0.3, -0.25) is 14.4 Å². The van der Waals surface area contributed by atoms with E-state index < -0.39 is 6.10 Å². The fourth-order valence-corrected chi connectivity index (χ4v) is 7.10. The van der Waals surface area contributed by atoms with E-state index in [1.807, 2.05) is 24.3 Å². The standard InChI is InChI=1S/C66H102O6/c1-4-7-10-13-16-19-22-25-28-31-33-35-38-41-44-47-50-53-56-59-65(68)71-62-63(61-70-64(67)58-55-52-49-46-43-40-37-30-27-24-21-18-15-12-9-6-3)72-66(69)60-57-54-51-48-45-42-39-36-34-32-29-26-23-20-17-14-11-8-5-2/h7,9-10,12,16-21,23,25-28,30,33,35,40-41,43-44,49-50,52-53,63H,4-6,8,11,13-15,22,24,29,31-32,34,36-39,42,45-48,51,54-62H2,1-3H3/b10-7-,12-9-,19-16-,20-17-,21-18-,26-23-,28-25-,30-27-,35-33-,43-40-,44-41-,52-49-,53-50-. The van der Waals surface area contributed by atoms with Crippen LogP contribution in [-0.2, 0) is 28.6 Å². The molecule has 0 rings (SSSR count). The minimum absolute atomic E-state index is 0.149. The molecule has 0 aliphatic heterocycles. The minimum Gasteiger partial charge on any atom is -0.462 e. The molecular weight excluding hydrogens is 889 g/mol. The molecule has 0 aromatic heterocycles. The van der Waals surface area contributed by atoms with Gasteiger partial charge in [0, 0.05) is 19.3 Å². The number of carbonyl (C=O) groups is 3. The molecule has 0 radical (unpaired) electrons. The number of allylic oxidation sites excluding steroid dienone is 26. The molecule has 72 heavy (non-hydrogen) atoms. The van der Waals surface area contributed by atoms with Crippen LogP contribution in [-0.4, -0.2) is 37.2 Å². The Balaban J connectivity index is 4.62. The number of esters is 3. The Morgan fingerprint density at radius 2 is 0.611 bits per heavy atom. The van der Waals surface area contributed by atoms with E-state index in [1.54, 1.807) is 0 Å². The molecule has 0 bridgehead atoms. The highest BCUT2D eigenvalue weighted by atomic mass is 16.6. The van der Waals surface area contributed by atoms with Gasteiger partial charge in [0.25, 0.3) is 0 Å². The summed E-state index contributed by atoms with van der Waals surface area (Å²) in [4.78, 5) is 38.1. The molecular formula is C66H102O6. The van der Waals surface area contributed by atoms with Gasteiger partial charge in [-0.1, -0.05) is 243 Å². The number of hydrogen-bond donors (Lipinski definition) is 0. The molecule has 0 fully saturated rings. The maximum atomic E-state index is 12.9. The Labute approximate surface area is 441 Å². The second kappa shape index (κ2) is 58.6. The third-order valence-corrected chi connectivity index (χ3v) is 11.3. The number of unbranched alkanes of at least 4 members (excludes halogenated alkanes) is 13. The number of carbonyl (C=O) groups excluding carboxylic acids is 3. The summed E-state index contributed by atoms with van der Waals surface area (Å²) in [5.41, 5.74) is 0. The summed E-state index contributed by atoms with van der Waals surface area (Å²) in [5, 5.41) is 0. The van der Waals surface area contributed by atoms with Gasteiger partial charge in [0.15, 0.2) is 6.10 Å². The first-order chi connectivity index (χ1) is 35.5. The summed E-state index contributed by atoms with van der Waals surface area (Å²) >= 11 is 0. The molecule has 0 N–H and O–H groups in total. The first-order valence-electron chi connectivity index (χ1n) is 28.5. The molecule has 1 atom stereocenters. The first kappa shape index (κ1) is 67.0. The van der Waals surface area contributed by atoms with Crippen LogP contribution in [0.3, 0.4) is 0 Å². The van der Waals surface area contributed by atoms with Gasteiger partial charge in [0.1, 0.15) is 13.2 Å². The zero-order valence-corrected chi connectivity index (χ0v) is 45.9. The lowest BCUT2D eigenvalue weighted by Crippen LogP contribution is -2.30. The van der Waals surface area contributed by atoms with Crippen molar-refractivity contribution in [2.75, 3.05) is 13.2 Å². The van der Waals surface area contributed by atoms with Crippen LogP contribution in [0.2, 0.25) is 0 Å². The van der Waals surface area contributed by atoms with Crippen LogP contribution in [0.4, 0.5) is 0 Å². The van der Waals surface area contributed by atoms with Gasteiger partial charge in [-0.2, -0.15) is 0 Å². The lowest BCUT2D eigenvalue weighted by molar-refractivity contribution is -0.166. The molecule has 0 aliphatic rings. The Morgan fingerprint density at radius 1 is 0.306 bits per heavy atom. The summed E-state index contributed by atoms with van der Waals surface area (Å²) < 4.78 is 16.7. The van der Waals surface area contributed by atoms with E-state index in [1.165, 1.54) is 70.6 Å². The molecule has 402 valence electrons. The van der Waals surface area contributed by atoms with Gasteiger partial charge in [0.05, 0.1) is 0 Å². The van der Waals surface area contributed by atoms with Gasteiger partial charge in [-0.25, -0.2) is 0 Å². The maximum Gasteiger partial charge on any atom is 0.306 e. The van der Waals surface area contributed by atoms with E-state index in [2.05, 4.69) is 154 Å². The van der Waals surface area contributed by atoms with Crippen molar-refractivity contribution in [2.24, 2.45) is 0 Å². The highest BCUT2D eigenvalue weighted by Gasteiger charge is 2.19. The van der Waals surface area contributed by atoms with Crippen molar-refractivity contribution in [3.63, 3.8) is 0 Å². The van der Waals surface area contributed by atoms with Crippen molar-refractivity contribution < 1.29 is 28.6 Å². The number of ether oxygens (including phenoxy) is 3. The van der Waals surface area contributed by atoms with Crippen LogP contribution in [0.1, 0.15) is 220 Å². The van der Waals surface area contributed by atoms with Crippen molar-refractivity contribution in [1.29, 1.82) is 0 Å². The smallest absolute Gasteiger partial charge is 0.306 e. The van der Waals surface area contributed by atoms with Crippen molar-refractivity contribution in [1.82, 2.24) is 0 Å². The summed E-state index contributed by atoms with van der Waals surface area (Å²) in [5.74, 6) is -1.12. The van der Waals surface area contributed by atoms with Gasteiger partial charge >= 0.3 is 17.9 Å². The van der Waals surface area contributed by atoms with Gasteiger partial charge in [-0.15, -0.1) is 0 Å². The van der Waals surface area contributed by atoms with Crippen LogP contribution in [0.25, 0.3) is 0 Å². The Kier molecular flexibility index (Phi) is 54.6. The Morgan fingerprint density at radius 3 is 0.958 bits per heavy atom. The van der Waals surface area contributed by atoms with Gasteiger partial charge in [0.2, 0.25) is 0 Å². The van der Waals surface area contributed by atoms with Crippen LogP contribution >= 0.6 is 0 Å². The largest absolute Gasteiger partial charge is 0.462 e. The normalized spacial score (nSPS) is 13.3. The maximum absolute atomic E-state index is 12.9. The van der Waals surface area contributed by atoms with Gasteiger partial charge in [-0.05, 0) is 116 Å². The number of rotatable bonds is 49. The predicted molar refractivity (Wildman–Crippen MR) is 311 cm³/mol. The molecule has 0 spiro atoms. The predicted octanol–water partition coefficient (Wildman–Crippen LogP) is 19.4. The third-order valence-electron chi connectivity index (χ3n) is 11.3. The summed E-state index contributed by atoms with van der Waals surface area (Å²) in [6.45, 7) is 6.24. The number of hydrogen-bond acceptors (Lipinski definition) is 6. The SMILES string of the molecule is CC/C=C\C/C=C\C/C=C\C/C=C\C/C=C\C/C=C\CCC(=O)OCC(COC(=O)CC/C=C\C/C=C\C/C=C\C/C=C\C/C=C\CC)OC(=O)CCCCCCCCCCCC/C=C\C=C/CCCCC. The fraction of sp³-hybridized carbons (Fsp3) is 0.561. The average molecular weight is 992 g/mol.